The molecule has 0 aliphatic carbocycles. The first-order chi connectivity index (χ1) is 13.6. The molecule has 28 heavy (non-hydrogen) atoms. The van der Waals surface area contributed by atoms with Crippen molar-refractivity contribution in [2.45, 2.75) is 32.2 Å². The van der Waals surface area contributed by atoms with Crippen LogP contribution < -0.4 is 10.1 Å². The summed E-state index contributed by atoms with van der Waals surface area (Å²) in [6.07, 6.45) is 3.81. The minimum absolute atomic E-state index is 0.0372. The van der Waals surface area contributed by atoms with Crippen molar-refractivity contribution in [3.63, 3.8) is 0 Å². The number of halogens is 1. The van der Waals surface area contributed by atoms with Gasteiger partial charge in [0.1, 0.15) is 11.6 Å². The van der Waals surface area contributed by atoms with Gasteiger partial charge in [-0.15, -0.1) is 0 Å². The third-order valence-corrected chi connectivity index (χ3v) is 5.30. The van der Waals surface area contributed by atoms with Crippen molar-refractivity contribution < 1.29 is 13.9 Å². The van der Waals surface area contributed by atoms with E-state index in [-0.39, 0.29) is 17.6 Å². The summed E-state index contributed by atoms with van der Waals surface area (Å²) in [6.45, 7) is 3.21. The Labute approximate surface area is 166 Å². The monoisotopic (exact) mass is 384 g/mol. The van der Waals surface area contributed by atoms with Gasteiger partial charge in [0.15, 0.2) is 0 Å². The summed E-state index contributed by atoms with van der Waals surface area (Å²) in [7, 11) is 1.66. The summed E-state index contributed by atoms with van der Waals surface area (Å²) in [4.78, 5) is 14.8. The number of hydrogen-bond donors (Lipinski definition) is 1. The first-order valence-corrected chi connectivity index (χ1v) is 10.0. The molecule has 1 amide bonds. The van der Waals surface area contributed by atoms with Crippen LogP contribution in [0.4, 0.5) is 4.39 Å². The summed E-state index contributed by atoms with van der Waals surface area (Å²) in [5.41, 5.74) is 2.33. The number of carbonyl (C=O) groups excluding carboxylic acids is 1. The average Bonchev–Trinajstić information content (AvgIpc) is 2.73. The third-order valence-electron chi connectivity index (χ3n) is 5.30. The molecular weight excluding hydrogens is 355 g/mol. The third kappa shape index (κ3) is 6.06. The number of benzene rings is 2. The van der Waals surface area contributed by atoms with E-state index in [4.69, 9.17) is 4.74 Å². The zero-order valence-corrected chi connectivity index (χ0v) is 16.5. The Morgan fingerprint density at radius 2 is 1.86 bits per heavy atom. The molecule has 0 spiro atoms. The van der Waals surface area contributed by atoms with Gasteiger partial charge in [-0.1, -0.05) is 24.3 Å². The van der Waals surface area contributed by atoms with Gasteiger partial charge in [-0.05, 0) is 67.6 Å². The highest BCUT2D eigenvalue weighted by molar-refractivity contribution is 5.78. The van der Waals surface area contributed by atoms with Gasteiger partial charge in [0, 0.05) is 19.6 Å². The molecule has 0 aromatic heterocycles. The van der Waals surface area contributed by atoms with Crippen LogP contribution in [0.2, 0.25) is 0 Å². The highest BCUT2D eigenvalue weighted by Gasteiger charge is 2.25. The van der Waals surface area contributed by atoms with Crippen molar-refractivity contribution in [2.75, 3.05) is 26.7 Å². The molecular formula is C23H29FN2O2. The van der Waals surface area contributed by atoms with Crippen molar-refractivity contribution in [1.29, 1.82) is 0 Å². The minimum atomic E-state index is -0.214. The topological polar surface area (TPSA) is 41.6 Å². The van der Waals surface area contributed by atoms with Crippen molar-refractivity contribution in [3.05, 3.63) is 65.5 Å². The first-order valence-electron chi connectivity index (χ1n) is 10.0. The molecule has 150 valence electrons. The Kier molecular flexibility index (Phi) is 7.43. The van der Waals surface area contributed by atoms with Crippen LogP contribution in [0.1, 0.15) is 30.4 Å². The first kappa shape index (κ1) is 20.3. The lowest BCUT2D eigenvalue weighted by molar-refractivity contribution is -0.126. The molecule has 1 aliphatic heterocycles. The van der Waals surface area contributed by atoms with Crippen LogP contribution in [0.3, 0.4) is 0 Å². The number of amides is 1. The molecule has 1 saturated heterocycles. The summed E-state index contributed by atoms with van der Waals surface area (Å²) >= 11 is 0. The fourth-order valence-electron chi connectivity index (χ4n) is 3.70. The molecule has 3 rings (SSSR count). The highest BCUT2D eigenvalue weighted by Crippen LogP contribution is 2.19. The van der Waals surface area contributed by atoms with Crippen molar-refractivity contribution in [1.82, 2.24) is 10.2 Å². The largest absolute Gasteiger partial charge is 0.497 e. The fraction of sp³-hybridized carbons (Fsp3) is 0.435. The van der Waals surface area contributed by atoms with Crippen molar-refractivity contribution in [3.8, 4) is 5.75 Å². The lowest BCUT2D eigenvalue weighted by Gasteiger charge is -2.32. The predicted molar refractivity (Wildman–Crippen MR) is 109 cm³/mol. The SMILES string of the molecule is COc1ccc(CCCNC(=O)[C@H]2CCCN(Cc3ccc(F)cc3)C2)cc1. The zero-order valence-electron chi connectivity index (χ0n) is 16.5. The van der Waals surface area contributed by atoms with Gasteiger partial charge >= 0.3 is 0 Å². The second kappa shape index (κ2) is 10.2. The van der Waals surface area contributed by atoms with E-state index in [2.05, 4.69) is 22.3 Å². The van der Waals surface area contributed by atoms with Crippen LogP contribution in [-0.4, -0.2) is 37.6 Å². The van der Waals surface area contributed by atoms with E-state index in [1.165, 1.54) is 17.7 Å². The van der Waals surface area contributed by atoms with E-state index >= 15 is 0 Å². The molecule has 0 saturated carbocycles. The lowest BCUT2D eigenvalue weighted by atomic mass is 9.96. The van der Waals surface area contributed by atoms with E-state index in [9.17, 15) is 9.18 Å². The number of carbonyl (C=O) groups is 1. The summed E-state index contributed by atoms with van der Waals surface area (Å²) < 4.78 is 18.2. The Morgan fingerprint density at radius 1 is 1.14 bits per heavy atom. The summed E-state index contributed by atoms with van der Waals surface area (Å²) in [6, 6.07) is 14.7. The number of methoxy groups -OCH3 is 1. The van der Waals surface area contributed by atoms with Gasteiger partial charge in [-0.25, -0.2) is 4.39 Å². The molecule has 2 aromatic carbocycles. The second-order valence-electron chi connectivity index (χ2n) is 7.44. The van der Waals surface area contributed by atoms with E-state index in [0.717, 1.165) is 56.6 Å². The Morgan fingerprint density at radius 3 is 2.57 bits per heavy atom. The number of nitrogens with one attached hydrogen (secondary N) is 1. The molecule has 5 heteroatoms. The summed E-state index contributed by atoms with van der Waals surface area (Å²) in [5.74, 6) is 0.836. The van der Waals surface area contributed by atoms with Gasteiger partial charge < -0.3 is 10.1 Å². The standard InChI is InChI=1S/C23H29FN2O2/c1-28-22-12-8-18(9-13-22)4-2-14-25-23(27)20-5-3-15-26(17-20)16-19-6-10-21(24)11-7-19/h6-13,20H,2-5,14-17H2,1H3,(H,25,27)/t20-/m0/s1. The molecule has 2 aromatic rings. The maximum absolute atomic E-state index is 13.1. The van der Waals surface area contributed by atoms with E-state index in [0.29, 0.717) is 6.54 Å². The van der Waals surface area contributed by atoms with Crippen LogP contribution in [0.5, 0.6) is 5.75 Å². The number of rotatable bonds is 8. The zero-order chi connectivity index (χ0) is 19.8. The molecule has 1 aliphatic rings. The smallest absolute Gasteiger partial charge is 0.224 e. The van der Waals surface area contributed by atoms with Crippen LogP contribution in [0.25, 0.3) is 0 Å². The Balaban J connectivity index is 1.39. The number of likely N-dealkylation sites (tertiary alicyclic amines) is 1. The average molecular weight is 384 g/mol. The van der Waals surface area contributed by atoms with E-state index in [1.807, 2.05) is 24.3 Å². The molecule has 4 nitrogen and oxygen atoms in total. The maximum atomic E-state index is 13.1. The van der Waals surface area contributed by atoms with Crippen molar-refractivity contribution >= 4 is 5.91 Å². The number of nitrogens with zero attached hydrogens (tertiary/aromatic N) is 1. The van der Waals surface area contributed by atoms with Gasteiger partial charge in [0.25, 0.3) is 0 Å². The van der Waals surface area contributed by atoms with Gasteiger partial charge in [0.2, 0.25) is 5.91 Å². The molecule has 1 fully saturated rings. The Hall–Kier alpha value is -2.40. The van der Waals surface area contributed by atoms with Crippen LogP contribution in [0.15, 0.2) is 48.5 Å². The number of ether oxygens (including phenoxy) is 1. The lowest BCUT2D eigenvalue weighted by Crippen LogP contribution is -2.42. The number of hydrogen-bond acceptors (Lipinski definition) is 3. The van der Waals surface area contributed by atoms with Gasteiger partial charge in [-0.2, -0.15) is 0 Å². The second-order valence-corrected chi connectivity index (χ2v) is 7.44. The number of piperidine rings is 1. The highest BCUT2D eigenvalue weighted by atomic mass is 19.1. The van der Waals surface area contributed by atoms with E-state index in [1.54, 1.807) is 7.11 Å². The molecule has 1 atom stereocenters. The van der Waals surface area contributed by atoms with Gasteiger partial charge in [0.05, 0.1) is 13.0 Å². The van der Waals surface area contributed by atoms with Crippen LogP contribution in [-0.2, 0) is 17.8 Å². The molecule has 0 bridgehead atoms. The van der Waals surface area contributed by atoms with Gasteiger partial charge in [-0.3, -0.25) is 9.69 Å². The normalized spacial score (nSPS) is 17.3. The molecule has 0 radical (unpaired) electrons. The molecule has 1 heterocycles. The summed E-state index contributed by atoms with van der Waals surface area (Å²) in [5, 5.41) is 3.10. The fourth-order valence-corrected chi connectivity index (χ4v) is 3.70. The van der Waals surface area contributed by atoms with Crippen LogP contribution >= 0.6 is 0 Å². The quantitative estimate of drug-likeness (QED) is 0.704. The molecule has 0 unspecified atom stereocenters. The van der Waals surface area contributed by atoms with Crippen molar-refractivity contribution in [2.24, 2.45) is 5.92 Å². The predicted octanol–water partition coefficient (Wildman–Crippen LogP) is 3.80. The maximum Gasteiger partial charge on any atom is 0.224 e. The Bertz CT molecular complexity index is 746. The number of aryl methyl sites for hydroxylation is 1. The molecule has 1 N–H and O–H groups in total. The van der Waals surface area contributed by atoms with Crippen LogP contribution in [0, 0.1) is 11.7 Å². The van der Waals surface area contributed by atoms with E-state index < -0.39 is 0 Å². The minimum Gasteiger partial charge on any atom is -0.497 e.